The molecule has 0 aliphatic rings. The highest BCUT2D eigenvalue weighted by Gasteiger charge is 2.27. The Kier molecular flexibility index (Phi) is 7.04. The third kappa shape index (κ3) is 7.57. The topological polar surface area (TPSA) is 38.5 Å². The molecule has 0 fully saturated rings. The van der Waals surface area contributed by atoms with Gasteiger partial charge in [-0.3, -0.25) is 4.90 Å². The third-order valence-corrected chi connectivity index (χ3v) is 2.72. The number of halogens is 3. The Labute approximate surface area is 101 Å². The van der Waals surface area contributed by atoms with Crippen LogP contribution in [0.25, 0.3) is 0 Å². The van der Waals surface area contributed by atoms with Gasteiger partial charge in [-0.1, -0.05) is 6.92 Å². The van der Waals surface area contributed by atoms with Gasteiger partial charge >= 0.3 is 6.18 Å². The van der Waals surface area contributed by atoms with Crippen LogP contribution in [0.3, 0.4) is 0 Å². The predicted molar refractivity (Wildman–Crippen MR) is 61.9 cm³/mol. The van der Waals surface area contributed by atoms with E-state index in [0.29, 0.717) is 19.5 Å². The van der Waals surface area contributed by atoms with Gasteiger partial charge in [0.1, 0.15) is 6.61 Å². The van der Waals surface area contributed by atoms with E-state index < -0.39 is 12.8 Å². The smallest absolute Gasteiger partial charge is 0.372 e. The van der Waals surface area contributed by atoms with Crippen molar-refractivity contribution in [3.8, 4) is 0 Å². The molecule has 0 aromatic carbocycles. The molecular weight excluding hydrogens is 233 g/mol. The molecule has 0 spiro atoms. The number of rotatable bonds is 8. The molecule has 104 valence electrons. The van der Waals surface area contributed by atoms with Gasteiger partial charge in [-0.25, -0.2) is 0 Å². The quantitative estimate of drug-likeness (QED) is 0.675. The van der Waals surface area contributed by atoms with E-state index in [2.05, 4.69) is 9.64 Å². The SMILES string of the molecule is CCN(CCCOCC(F)(F)F)C(C)(C)CN. The maximum Gasteiger partial charge on any atom is 0.411 e. The zero-order valence-corrected chi connectivity index (χ0v) is 10.8. The second-order valence-corrected chi connectivity index (χ2v) is 4.62. The molecule has 0 aliphatic heterocycles. The lowest BCUT2D eigenvalue weighted by molar-refractivity contribution is -0.174. The van der Waals surface area contributed by atoms with Gasteiger partial charge in [-0.05, 0) is 26.8 Å². The van der Waals surface area contributed by atoms with Crippen molar-refractivity contribution >= 4 is 0 Å². The van der Waals surface area contributed by atoms with Gasteiger partial charge in [-0.2, -0.15) is 13.2 Å². The summed E-state index contributed by atoms with van der Waals surface area (Å²) in [5.41, 5.74) is 5.52. The highest BCUT2D eigenvalue weighted by atomic mass is 19.4. The number of nitrogens with two attached hydrogens (primary N) is 1. The van der Waals surface area contributed by atoms with Crippen molar-refractivity contribution in [1.29, 1.82) is 0 Å². The standard InChI is InChI=1S/C11H23F3N2O/c1-4-16(10(2,3)8-15)6-5-7-17-9-11(12,13)14/h4-9,15H2,1-3H3. The first kappa shape index (κ1) is 16.7. The minimum Gasteiger partial charge on any atom is -0.372 e. The summed E-state index contributed by atoms with van der Waals surface area (Å²) in [7, 11) is 0. The van der Waals surface area contributed by atoms with Crippen LogP contribution in [0, 0.1) is 0 Å². The van der Waals surface area contributed by atoms with Gasteiger partial charge in [0, 0.05) is 25.2 Å². The van der Waals surface area contributed by atoms with Crippen LogP contribution in [0.5, 0.6) is 0 Å². The molecule has 0 aromatic heterocycles. The number of likely N-dealkylation sites (N-methyl/N-ethyl adjacent to an activating group) is 1. The first-order valence-corrected chi connectivity index (χ1v) is 5.82. The second-order valence-electron chi connectivity index (χ2n) is 4.62. The molecule has 0 bridgehead atoms. The Morgan fingerprint density at radius 1 is 1.24 bits per heavy atom. The van der Waals surface area contributed by atoms with Gasteiger partial charge in [0.25, 0.3) is 0 Å². The molecule has 0 unspecified atom stereocenters. The Bertz CT molecular complexity index is 207. The van der Waals surface area contributed by atoms with Gasteiger partial charge < -0.3 is 10.5 Å². The van der Waals surface area contributed by atoms with Crippen LogP contribution in [0.4, 0.5) is 13.2 Å². The largest absolute Gasteiger partial charge is 0.411 e. The minimum absolute atomic E-state index is 0.122. The van der Waals surface area contributed by atoms with E-state index in [4.69, 9.17) is 5.73 Å². The fourth-order valence-corrected chi connectivity index (χ4v) is 1.56. The summed E-state index contributed by atoms with van der Waals surface area (Å²) in [5.74, 6) is 0. The first-order valence-electron chi connectivity index (χ1n) is 5.82. The van der Waals surface area contributed by atoms with Crippen LogP contribution < -0.4 is 5.73 Å². The number of nitrogens with zero attached hydrogens (tertiary/aromatic N) is 1. The molecule has 0 saturated carbocycles. The highest BCUT2D eigenvalue weighted by Crippen LogP contribution is 2.15. The van der Waals surface area contributed by atoms with E-state index >= 15 is 0 Å². The molecule has 0 radical (unpaired) electrons. The Hall–Kier alpha value is -0.330. The Morgan fingerprint density at radius 3 is 2.24 bits per heavy atom. The zero-order chi connectivity index (χ0) is 13.5. The normalized spacial score (nSPS) is 13.4. The molecule has 0 aliphatic carbocycles. The van der Waals surface area contributed by atoms with Crippen LogP contribution in [0.15, 0.2) is 0 Å². The van der Waals surface area contributed by atoms with E-state index in [-0.39, 0.29) is 12.1 Å². The van der Waals surface area contributed by atoms with Crippen LogP contribution in [0.2, 0.25) is 0 Å². The lowest BCUT2D eigenvalue weighted by Crippen LogP contribution is -2.49. The lowest BCUT2D eigenvalue weighted by atomic mass is 10.0. The van der Waals surface area contributed by atoms with E-state index in [1.54, 1.807) is 0 Å². The summed E-state index contributed by atoms with van der Waals surface area (Å²) >= 11 is 0. The van der Waals surface area contributed by atoms with Crippen LogP contribution >= 0.6 is 0 Å². The maximum atomic E-state index is 11.8. The van der Waals surface area contributed by atoms with Crippen molar-refractivity contribution in [2.75, 3.05) is 32.8 Å². The molecule has 0 heterocycles. The molecule has 0 rings (SSSR count). The van der Waals surface area contributed by atoms with E-state index in [1.807, 2.05) is 20.8 Å². The number of hydrogen-bond donors (Lipinski definition) is 1. The van der Waals surface area contributed by atoms with E-state index in [1.165, 1.54) is 0 Å². The van der Waals surface area contributed by atoms with Gasteiger partial charge in [0.15, 0.2) is 0 Å². The average Bonchev–Trinajstić information content (AvgIpc) is 2.21. The van der Waals surface area contributed by atoms with E-state index in [0.717, 1.165) is 6.54 Å². The minimum atomic E-state index is -4.24. The van der Waals surface area contributed by atoms with Crippen LogP contribution in [0.1, 0.15) is 27.2 Å². The van der Waals surface area contributed by atoms with Crippen LogP contribution in [-0.2, 0) is 4.74 Å². The average molecular weight is 256 g/mol. The van der Waals surface area contributed by atoms with Crippen LogP contribution in [-0.4, -0.2) is 49.5 Å². The molecule has 0 aromatic rings. The molecule has 0 amide bonds. The maximum absolute atomic E-state index is 11.8. The monoisotopic (exact) mass is 256 g/mol. The number of hydrogen-bond acceptors (Lipinski definition) is 3. The second kappa shape index (κ2) is 7.18. The first-order chi connectivity index (χ1) is 7.73. The molecule has 6 heteroatoms. The van der Waals surface area contributed by atoms with Crippen molar-refractivity contribution in [3.05, 3.63) is 0 Å². The summed E-state index contributed by atoms with van der Waals surface area (Å²) in [4.78, 5) is 2.14. The van der Waals surface area contributed by atoms with Crippen molar-refractivity contribution in [3.63, 3.8) is 0 Å². The van der Waals surface area contributed by atoms with E-state index in [9.17, 15) is 13.2 Å². The molecular formula is C11H23F3N2O. The van der Waals surface area contributed by atoms with Crippen molar-refractivity contribution < 1.29 is 17.9 Å². The van der Waals surface area contributed by atoms with Crippen molar-refractivity contribution in [1.82, 2.24) is 4.90 Å². The molecule has 2 N–H and O–H groups in total. The van der Waals surface area contributed by atoms with Gasteiger partial charge in [0.05, 0.1) is 0 Å². The zero-order valence-electron chi connectivity index (χ0n) is 10.8. The summed E-state index contributed by atoms with van der Waals surface area (Å²) in [6.07, 6.45) is -3.66. The fraction of sp³-hybridized carbons (Fsp3) is 1.00. The number of ether oxygens (including phenoxy) is 1. The molecule has 0 saturated heterocycles. The number of alkyl halides is 3. The van der Waals surface area contributed by atoms with Gasteiger partial charge in [-0.15, -0.1) is 0 Å². The highest BCUT2D eigenvalue weighted by molar-refractivity contribution is 4.81. The van der Waals surface area contributed by atoms with Gasteiger partial charge in [0.2, 0.25) is 0 Å². The summed E-state index contributed by atoms with van der Waals surface area (Å²) in [6.45, 7) is 7.04. The van der Waals surface area contributed by atoms with Crippen molar-refractivity contribution in [2.24, 2.45) is 5.73 Å². The molecule has 17 heavy (non-hydrogen) atoms. The summed E-state index contributed by atoms with van der Waals surface area (Å²) in [6, 6.07) is 0. The third-order valence-electron chi connectivity index (χ3n) is 2.72. The molecule has 0 atom stereocenters. The lowest BCUT2D eigenvalue weighted by Gasteiger charge is -2.37. The fourth-order valence-electron chi connectivity index (χ4n) is 1.56. The molecule has 3 nitrogen and oxygen atoms in total. The summed E-state index contributed by atoms with van der Waals surface area (Å²) < 4.78 is 40.0. The Balaban J connectivity index is 3.79. The Morgan fingerprint density at radius 2 is 1.82 bits per heavy atom. The predicted octanol–water partition coefficient (Wildman–Crippen LogP) is 2.01. The van der Waals surface area contributed by atoms with Crippen molar-refractivity contribution in [2.45, 2.75) is 38.9 Å². The summed E-state index contributed by atoms with van der Waals surface area (Å²) in [5, 5.41) is 0.